The molecule has 1 aromatic carbocycles. The Balaban J connectivity index is 1.56. The second kappa shape index (κ2) is 8.16. The van der Waals surface area contributed by atoms with E-state index in [2.05, 4.69) is 10.4 Å². The van der Waals surface area contributed by atoms with E-state index in [1.807, 2.05) is 0 Å². The van der Waals surface area contributed by atoms with Gasteiger partial charge in [0.2, 0.25) is 0 Å². The number of carbonyl (C=O) groups excluding carboxylic acids is 2. The summed E-state index contributed by atoms with van der Waals surface area (Å²) < 4.78 is 12.0. The molecule has 0 unspecified atom stereocenters. The van der Waals surface area contributed by atoms with Crippen molar-refractivity contribution < 1.29 is 18.7 Å². The van der Waals surface area contributed by atoms with E-state index in [1.54, 1.807) is 42.1 Å². The number of ether oxygens (including phenoxy) is 1. The lowest BCUT2D eigenvalue weighted by Crippen LogP contribution is -2.23. The third-order valence-corrected chi connectivity index (χ3v) is 5.49. The average Bonchev–Trinajstić information content (AvgIpc) is 3.35. The van der Waals surface area contributed by atoms with E-state index < -0.39 is 5.97 Å². The van der Waals surface area contributed by atoms with Crippen molar-refractivity contribution >= 4 is 35.1 Å². The second-order valence-electron chi connectivity index (χ2n) is 7.08. The highest BCUT2D eigenvalue weighted by molar-refractivity contribution is 6.35. The predicted octanol–water partition coefficient (Wildman–Crippen LogP) is 4.67. The van der Waals surface area contributed by atoms with E-state index >= 15 is 0 Å². The van der Waals surface area contributed by atoms with Crippen LogP contribution >= 0.6 is 23.2 Å². The first-order chi connectivity index (χ1) is 14.4. The molecule has 0 atom stereocenters. The zero-order chi connectivity index (χ0) is 21.4. The van der Waals surface area contributed by atoms with E-state index in [-0.39, 0.29) is 18.4 Å². The Bertz CT molecular complexity index is 1130. The number of esters is 1. The van der Waals surface area contributed by atoms with Gasteiger partial charge < -0.3 is 14.5 Å². The molecule has 1 saturated carbocycles. The molecule has 0 radical (unpaired) electrons. The SMILES string of the molecule is COC(=O)c1cc(CNC(=O)c2cnn(-c3ccc(Cl)cc3Cl)c2C2CC2)oc1C. The standard InChI is InChI=1S/C21H19Cl2N3O4/c1-11-15(21(28)29-2)8-14(30-11)9-24-20(27)16-10-25-26(19(16)12-3-4-12)18-6-5-13(22)7-17(18)23/h5-8,10,12H,3-4,9H2,1-2H3,(H,24,27). The summed E-state index contributed by atoms with van der Waals surface area (Å²) in [6.07, 6.45) is 3.51. The summed E-state index contributed by atoms with van der Waals surface area (Å²) in [6, 6.07) is 6.74. The first kappa shape index (κ1) is 20.5. The molecule has 2 heterocycles. The summed E-state index contributed by atoms with van der Waals surface area (Å²) in [5.41, 5.74) is 2.32. The molecule has 1 amide bonds. The van der Waals surface area contributed by atoms with Crippen LogP contribution in [-0.2, 0) is 11.3 Å². The number of methoxy groups -OCH3 is 1. The number of nitrogens with one attached hydrogen (secondary N) is 1. The number of aromatic nitrogens is 2. The van der Waals surface area contributed by atoms with Crippen molar-refractivity contribution in [3.8, 4) is 5.69 Å². The van der Waals surface area contributed by atoms with Gasteiger partial charge in [-0.15, -0.1) is 0 Å². The maximum Gasteiger partial charge on any atom is 0.341 e. The van der Waals surface area contributed by atoms with Crippen molar-refractivity contribution in [1.82, 2.24) is 15.1 Å². The highest BCUT2D eigenvalue weighted by Gasteiger charge is 2.33. The Morgan fingerprint density at radius 1 is 1.27 bits per heavy atom. The van der Waals surface area contributed by atoms with Crippen LogP contribution in [0.2, 0.25) is 10.0 Å². The quantitative estimate of drug-likeness (QED) is 0.554. The maximum absolute atomic E-state index is 12.9. The van der Waals surface area contributed by atoms with Crippen molar-refractivity contribution in [1.29, 1.82) is 0 Å². The number of furan rings is 1. The van der Waals surface area contributed by atoms with Gasteiger partial charge in [-0.1, -0.05) is 23.2 Å². The first-order valence-corrected chi connectivity index (χ1v) is 10.1. The number of nitrogens with zero attached hydrogens (tertiary/aromatic N) is 2. The third-order valence-electron chi connectivity index (χ3n) is 4.95. The number of halogens is 2. The molecule has 0 spiro atoms. The molecular formula is C21H19Cl2N3O4. The molecule has 1 aliphatic rings. The van der Waals surface area contributed by atoms with Crippen LogP contribution in [0.3, 0.4) is 0 Å². The number of hydrogen-bond donors (Lipinski definition) is 1. The van der Waals surface area contributed by atoms with E-state index in [1.165, 1.54) is 7.11 Å². The van der Waals surface area contributed by atoms with E-state index in [9.17, 15) is 9.59 Å². The first-order valence-electron chi connectivity index (χ1n) is 9.38. The minimum absolute atomic E-state index is 0.133. The van der Waals surface area contributed by atoms with Gasteiger partial charge in [0.05, 0.1) is 41.8 Å². The van der Waals surface area contributed by atoms with Crippen LogP contribution in [0.4, 0.5) is 0 Å². The molecule has 1 aliphatic carbocycles. The Labute approximate surface area is 182 Å². The maximum atomic E-state index is 12.9. The van der Waals surface area contributed by atoms with Crippen molar-refractivity contribution in [2.75, 3.05) is 7.11 Å². The predicted molar refractivity (Wildman–Crippen MR) is 112 cm³/mol. The molecule has 7 nitrogen and oxygen atoms in total. The lowest BCUT2D eigenvalue weighted by Gasteiger charge is -2.11. The number of hydrogen-bond acceptors (Lipinski definition) is 5. The zero-order valence-electron chi connectivity index (χ0n) is 16.4. The van der Waals surface area contributed by atoms with Gasteiger partial charge in [-0.2, -0.15) is 5.10 Å². The smallest absolute Gasteiger partial charge is 0.341 e. The molecular weight excluding hydrogens is 429 g/mol. The number of carbonyl (C=O) groups is 2. The van der Waals surface area contributed by atoms with Gasteiger partial charge in [0.1, 0.15) is 17.1 Å². The van der Waals surface area contributed by atoms with Crippen LogP contribution < -0.4 is 5.32 Å². The van der Waals surface area contributed by atoms with Gasteiger partial charge in [-0.05, 0) is 44.0 Å². The van der Waals surface area contributed by atoms with Crippen LogP contribution in [0.5, 0.6) is 0 Å². The highest BCUT2D eigenvalue weighted by atomic mass is 35.5. The molecule has 1 N–H and O–H groups in total. The van der Waals surface area contributed by atoms with Crippen LogP contribution in [0.25, 0.3) is 5.69 Å². The van der Waals surface area contributed by atoms with Gasteiger partial charge in [-0.25, -0.2) is 9.48 Å². The van der Waals surface area contributed by atoms with Gasteiger partial charge in [0.15, 0.2) is 0 Å². The third kappa shape index (κ3) is 3.95. The second-order valence-corrected chi connectivity index (χ2v) is 7.93. The summed E-state index contributed by atoms with van der Waals surface area (Å²) in [6.45, 7) is 1.80. The lowest BCUT2D eigenvalue weighted by molar-refractivity contribution is 0.0598. The molecule has 9 heteroatoms. The minimum Gasteiger partial charge on any atom is -0.465 e. The Hall–Kier alpha value is -2.77. The Morgan fingerprint density at radius 2 is 2.03 bits per heavy atom. The molecule has 3 aromatic rings. The topological polar surface area (TPSA) is 86.4 Å². The molecule has 4 rings (SSSR count). The van der Waals surface area contributed by atoms with E-state index in [0.29, 0.717) is 38.4 Å². The van der Waals surface area contributed by atoms with E-state index in [4.69, 9.17) is 32.4 Å². The summed E-state index contributed by atoms with van der Waals surface area (Å²) in [5.74, 6) is 0.391. The molecule has 30 heavy (non-hydrogen) atoms. The van der Waals surface area contributed by atoms with Gasteiger partial charge in [0.25, 0.3) is 5.91 Å². The summed E-state index contributed by atoms with van der Waals surface area (Å²) in [5, 5.41) is 8.23. The molecule has 156 valence electrons. The summed E-state index contributed by atoms with van der Waals surface area (Å²) >= 11 is 12.3. The molecule has 1 fully saturated rings. The number of benzene rings is 1. The van der Waals surface area contributed by atoms with Crippen molar-refractivity contribution in [2.45, 2.75) is 32.2 Å². The average molecular weight is 448 g/mol. The minimum atomic E-state index is -0.481. The van der Waals surface area contributed by atoms with Crippen molar-refractivity contribution in [3.63, 3.8) is 0 Å². The fourth-order valence-corrected chi connectivity index (χ4v) is 3.82. The fraction of sp³-hybridized carbons (Fsp3) is 0.286. The molecule has 2 aromatic heterocycles. The summed E-state index contributed by atoms with van der Waals surface area (Å²) in [4.78, 5) is 24.6. The van der Waals surface area contributed by atoms with Gasteiger partial charge in [-0.3, -0.25) is 4.79 Å². The molecule has 0 saturated heterocycles. The fourth-order valence-electron chi connectivity index (χ4n) is 3.33. The van der Waals surface area contributed by atoms with E-state index in [0.717, 1.165) is 18.5 Å². The van der Waals surface area contributed by atoms with Gasteiger partial charge in [0, 0.05) is 10.9 Å². The molecule has 0 aliphatic heterocycles. The highest BCUT2D eigenvalue weighted by Crippen LogP contribution is 2.43. The van der Waals surface area contributed by atoms with Crippen LogP contribution in [0.1, 0.15) is 56.7 Å². The van der Waals surface area contributed by atoms with Crippen molar-refractivity contribution in [3.05, 3.63) is 68.8 Å². The zero-order valence-corrected chi connectivity index (χ0v) is 17.9. The lowest BCUT2D eigenvalue weighted by atomic mass is 10.1. The number of amides is 1. The van der Waals surface area contributed by atoms with Crippen LogP contribution in [-0.4, -0.2) is 28.8 Å². The monoisotopic (exact) mass is 447 g/mol. The Kier molecular flexibility index (Phi) is 5.58. The number of aryl methyl sites for hydroxylation is 1. The largest absolute Gasteiger partial charge is 0.465 e. The van der Waals surface area contributed by atoms with Crippen molar-refractivity contribution in [2.24, 2.45) is 0 Å². The molecule has 0 bridgehead atoms. The summed E-state index contributed by atoms with van der Waals surface area (Å²) in [7, 11) is 1.31. The van der Waals surface area contributed by atoms with Crippen LogP contribution in [0, 0.1) is 6.92 Å². The van der Waals surface area contributed by atoms with Crippen LogP contribution in [0.15, 0.2) is 34.9 Å². The number of rotatable bonds is 6. The van der Waals surface area contributed by atoms with Gasteiger partial charge >= 0.3 is 5.97 Å². The Morgan fingerprint density at radius 3 is 2.70 bits per heavy atom. The normalized spacial score (nSPS) is 13.3.